The Balaban J connectivity index is 2.05. The summed E-state index contributed by atoms with van der Waals surface area (Å²) in [7, 11) is -1.84. The van der Waals surface area contributed by atoms with Crippen LogP contribution in [0, 0.1) is 0 Å². The standard InChI is InChI=1S/C21H32N4O2Si/c1-8-26-14-18-24-17-12-23-16-10-9-11-22-19(16)20(17)25(18)15(2)13-27-28(6,7)21(3,4)5/h9-12,15H,8,13-14H2,1-7H3/t15-/m1/s1. The first-order valence-corrected chi connectivity index (χ1v) is 12.9. The van der Waals surface area contributed by atoms with Gasteiger partial charge >= 0.3 is 0 Å². The maximum Gasteiger partial charge on any atom is 0.192 e. The van der Waals surface area contributed by atoms with Crippen LogP contribution >= 0.6 is 0 Å². The molecule has 0 unspecified atom stereocenters. The van der Waals surface area contributed by atoms with Crippen molar-refractivity contribution in [3.63, 3.8) is 0 Å². The van der Waals surface area contributed by atoms with Gasteiger partial charge in [0, 0.05) is 12.8 Å². The second kappa shape index (κ2) is 7.89. The fourth-order valence-corrected chi connectivity index (χ4v) is 4.12. The van der Waals surface area contributed by atoms with E-state index >= 15 is 0 Å². The second-order valence-corrected chi connectivity index (χ2v) is 13.6. The zero-order valence-corrected chi connectivity index (χ0v) is 19.1. The van der Waals surface area contributed by atoms with Crippen molar-refractivity contribution in [1.29, 1.82) is 0 Å². The van der Waals surface area contributed by atoms with Crippen LogP contribution in [0.4, 0.5) is 0 Å². The number of nitrogens with zero attached hydrogens (tertiary/aromatic N) is 4. The lowest BCUT2D eigenvalue weighted by Gasteiger charge is -2.37. The quantitative estimate of drug-likeness (QED) is 0.516. The van der Waals surface area contributed by atoms with Gasteiger partial charge in [0.2, 0.25) is 0 Å². The van der Waals surface area contributed by atoms with Gasteiger partial charge in [-0.15, -0.1) is 0 Å². The highest BCUT2D eigenvalue weighted by Crippen LogP contribution is 2.37. The molecule has 0 bridgehead atoms. The summed E-state index contributed by atoms with van der Waals surface area (Å²) in [5, 5.41) is 0.177. The molecule has 0 saturated carbocycles. The van der Waals surface area contributed by atoms with Gasteiger partial charge in [-0.3, -0.25) is 9.97 Å². The van der Waals surface area contributed by atoms with Crippen LogP contribution in [0.15, 0.2) is 24.5 Å². The maximum absolute atomic E-state index is 6.51. The van der Waals surface area contributed by atoms with E-state index in [1.54, 1.807) is 6.20 Å². The molecule has 0 aliphatic rings. The number of fused-ring (bicyclic) bond motifs is 3. The Morgan fingerprint density at radius 2 is 1.93 bits per heavy atom. The molecular formula is C21H32N4O2Si. The van der Waals surface area contributed by atoms with E-state index in [-0.39, 0.29) is 11.1 Å². The lowest BCUT2D eigenvalue weighted by Crippen LogP contribution is -2.42. The van der Waals surface area contributed by atoms with E-state index in [2.05, 4.69) is 55.3 Å². The second-order valence-electron chi connectivity index (χ2n) is 8.82. The van der Waals surface area contributed by atoms with E-state index in [0.717, 1.165) is 27.9 Å². The van der Waals surface area contributed by atoms with Crippen LogP contribution in [0.1, 0.15) is 46.5 Å². The smallest absolute Gasteiger partial charge is 0.192 e. The van der Waals surface area contributed by atoms with Crippen molar-refractivity contribution in [2.24, 2.45) is 0 Å². The highest BCUT2D eigenvalue weighted by molar-refractivity contribution is 6.74. The molecule has 0 saturated heterocycles. The Bertz CT molecular complexity index is 962. The number of ether oxygens (including phenoxy) is 1. The van der Waals surface area contributed by atoms with Crippen molar-refractivity contribution in [2.45, 2.75) is 65.4 Å². The molecule has 3 rings (SSSR count). The van der Waals surface area contributed by atoms with Crippen LogP contribution in [0.2, 0.25) is 18.1 Å². The Morgan fingerprint density at radius 1 is 1.18 bits per heavy atom. The number of pyridine rings is 2. The third kappa shape index (κ3) is 3.97. The molecule has 152 valence electrons. The molecular weight excluding hydrogens is 368 g/mol. The molecule has 6 nitrogen and oxygen atoms in total. The van der Waals surface area contributed by atoms with Crippen molar-refractivity contribution in [3.05, 3.63) is 30.4 Å². The first kappa shape index (κ1) is 20.9. The molecule has 0 aromatic carbocycles. The Kier molecular flexibility index (Phi) is 5.88. The summed E-state index contributed by atoms with van der Waals surface area (Å²) in [6.07, 6.45) is 3.63. The van der Waals surface area contributed by atoms with E-state index < -0.39 is 8.32 Å². The minimum atomic E-state index is -1.84. The number of hydrogen-bond donors (Lipinski definition) is 0. The van der Waals surface area contributed by atoms with E-state index in [4.69, 9.17) is 14.1 Å². The first-order valence-electron chi connectivity index (χ1n) is 9.98. The number of rotatable bonds is 7. The lowest BCUT2D eigenvalue weighted by atomic mass is 10.2. The predicted molar refractivity (Wildman–Crippen MR) is 116 cm³/mol. The summed E-state index contributed by atoms with van der Waals surface area (Å²) in [5.41, 5.74) is 3.60. The minimum absolute atomic E-state index is 0.113. The van der Waals surface area contributed by atoms with Gasteiger partial charge in [0.25, 0.3) is 0 Å². The Hall–Kier alpha value is -1.83. The van der Waals surface area contributed by atoms with Gasteiger partial charge in [-0.05, 0) is 44.1 Å². The van der Waals surface area contributed by atoms with Crippen molar-refractivity contribution in [1.82, 2.24) is 19.5 Å². The van der Waals surface area contributed by atoms with Gasteiger partial charge in [-0.25, -0.2) is 4.98 Å². The van der Waals surface area contributed by atoms with Crippen molar-refractivity contribution in [3.8, 4) is 0 Å². The molecule has 0 spiro atoms. The molecule has 28 heavy (non-hydrogen) atoms. The summed E-state index contributed by atoms with van der Waals surface area (Å²) < 4.78 is 14.4. The van der Waals surface area contributed by atoms with E-state index in [1.165, 1.54) is 0 Å². The Labute approximate surface area is 168 Å². The average Bonchev–Trinajstić information content (AvgIpc) is 3.02. The van der Waals surface area contributed by atoms with Gasteiger partial charge < -0.3 is 13.7 Å². The first-order chi connectivity index (χ1) is 13.2. The zero-order chi connectivity index (χ0) is 20.5. The van der Waals surface area contributed by atoms with Crippen LogP contribution in [0.5, 0.6) is 0 Å². The maximum atomic E-state index is 6.51. The van der Waals surface area contributed by atoms with E-state index in [0.29, 0.717) is 19.8 Å². The van der Waals surface area contributed by atoms with Crippen LogP contribution < -0.4 is 0 Å². The SMILES string of the molecule is CCOCc1nc2cnc3cccnc3c2n1[C@H](C)CO[Si](C)(C)C(C)(C)C. The van der Waals surface area contributed by atoms with Crippen molar-refractivity contribution < 1.29 is 9.16 Å². The molecule has 3 aromatic rings. The van der Waals surface area contributed by atoms with Crippen LogP contribution in [-0.4, -0.2) is 41.1 Å². The molecule has 0 radical (unpaired) electrons. The third-order valence-electron chi connectivity index (χ3n) is 5.72. The van der Waals surface area contributed by atoms with Crippen LogP contribution in [0.25, 0.3) is 22.1 Å². The highest BCUT2D eigenvalue weighted by atomic mass is 28.4. The number of hydrogen-bond acceptors (Lipinski definition) is 5. The lowest BCUT2D eigenvalue weighted by molar-refractivity contribution is 0.123. The van der Waals surface area contributed by atoms with Gasteiger partial charge in [-0.1, -0.05) is 20.8 Å². The minimum Gasteiger partial charge on any atom is -0.415 e. The molecule has 0 N–H and O–H groups in total. The molecule has 1 atom stereocenters. The van der Waals surface area contributed by atoms with Crippen molar-refractivity contribution in [2.75, 3.05) is 13.2 Å². The van der Waals surface area contributed by atoms with Gasteiger partial charge in [0.1, 0.15) is 23.5 Å². The number of imidazole rings is 1. The largest absolute Gasteiger partial charge is 0.415 e. The van der Waals surface area contributed by atoms with Gasteiger partial charge in [0.15, 0.2) is 8.32 Å². The predicted octanol–water partition coefficient (Wildman–Crippen LogP) is 5.10. The molecule has 0 amide bonds. The summed E-state index contributed by atoms with van der Waals surface area (Å²) >= 11 is 0. The van der Waals surface area contributed by atoms with Gasteiger partial charge in [0.05, 0.1) is 29.9 Å². The molecule has 3 aromatic heterocycles. The zero-order valence-electron chi connectivity index (χ0n) is 18.1. The topological polar surface area (TPSA) is 62.1 Å². The monoisotopic (exact) mass is 400 g/mol. The van der Waals surface area contributed by atoms with E-state index in [9.17, 15) is 0 Å². The normalized spacial score (nSPS) is 14.1. The van der Waals surface area contributed by atoms with Crippen LogP contribution in [0.3, 0.4) is 0 Å². The fraction of sp³-hybridized carbons (Fsp3) is 0.571. The summed E-state index contributed by atoms with van der Waals surface area (Å²) in [6, 6.07) is 4.01. The molecule has 7 heteroatoms. The van der Waals surface area contributed by atoms with Gasteiger partial charge in [-0.2, -0.15) is 0 Å². The average molecular weight is 401 g/mol. The fourth-order valence-electron chi connectivity index (χ4n) is 3.03. The highest BCUT2D eigenvalue weighted by Gasteiger charge is 2.37. The molecule has 0 aliphatic carbocycles. The van der Waals surface area contributed by atoms with Crippen molar-refractivity contribution >= 4 is 30.4 Å². The summed E-state index contributed by atoms with van der Waals surface area (Å²) in [6.45, 7) is 17.3. The Morgan fingerprint density at radius 3 is 2.61 bits per heavy atom. The molecule has 3 heterocycles. The van der Waals surface area contributed by atoms with E-state index in [1.807, 2.05) is 25.3 Å². The summed E-state index contributed by atoms with van der Waals surface area (Å²) in [5.74, 6) is 0.892. The summed E-state index contributed by atoms with van der Waals surface area (Å²) in [4.78, 5) is 13.9. The number of aromatic nitrogens is 4. The third-order valence-corrected chi connectivity index (χ3v) is 10.2. The molecule has 0 aliphatic heterocycles. The van der Waals surface area contributed by atoms with Crippen LogP contribution in [-0.2, 0) is 15.8 Å². The molecule has 0 fully saturated rings.